The van der Waals surface area contributed by atoms with E-state index in [9.17, 15) is 0 Å². The fraction of sp³-hybridized carbons (Fsp3) is 0.308. The van der Waals surface area contributed by atoms with Crippen molar-refractivity contribution < 1.29 is 0 Å². The van der Waals surface area contributed by atoms with Crippen LogP contribution in [-0.4, -0.2) is 11.1 Å². The van der Waals surface area contributed by atoms with Gasteiger partial charge < -0.3 is 10.3 Å². The molecule has 0 bridgehead atoms. The summed E-state index contributed by atoms with van der Waals surface area (Å²) in [5.74, 6) is 0. The smallest absolute Gasteiger partial charge is 0.0992 e. The van der Waals surface area contributed by atoms with Gasteiger partial charge in [0.2, 0.25) is 0 Å². The Kier molecular flexibility index (Phi) is 2.93. The molecule has 0 aliphatic rings. The fourth-order valence-electron chi connectivity index (χ4n) is 2.05. The summed E-state index contributed by atoms with van der Waals surface area (Å²) in [6, 6.07) is 8.00. The van der Waals surface area contributed by atoms with E-state index in [1.807, 2.05) is 18.2 Å². The quantitative estimate of drug-likeness (QED) is 0.848. The van der Waals surface area contributed by atoms with Crippen molar-refractivity contribution in [3.8, 4) is 6.07 Å². The van der Waals surface area contributed by atoms with Gasteiger partial charge in [-0.05, 0) is 37.6 Å². The number of aryl methyl sites for hydroxylation is 1. The number of hydrogen-bond acceptors (Lipinski definition) is 2. The molecule has 1 heterocycles. The van der Waals surface area contributed by atoms with Gasteiger partial charge in [-0.3, -0.25) is 0 Å². The minimum Gasteiger partial charge on any atom is -0.347 e. The van der Waals surface area contributed by atoms with Crippen molar-refractivity contribution >= 4 is 10.9 Å². The average Bonchev–Trinajstić information content (AvgIpc) is 2.67. The number of aromatic nitrogens is 1. The van der Waals surface area contributed by atoms with Gasteiger partial charge in [0.15, 0.2) is 0 Å². The number of hydrogen-bond donors (Lipinski definition) is 1. The van der Waals surface area contributed by atoms with Crippen molar-refractivity contribution in [2.45, 2.75) is 19.9 Å². The number of benzene rings is 1. The minimum atomic E-state index is 0.656. The van der Waals surface area contributed by atoms with Gasteiger partial charge in [0.05, 0.1) is 11.6 Å². The van der Waals surface area contributed by atoms with Crippen LogP contribution in [0.3, 0.4) is 0 Å². The Labute approximate surface area is 95.1 Å². The van der Waals surface area contributed by atoms with Crippen molar-refractivity contribution in [3.05, 3.63) is 35.5 Å². The van der Waals surface area contributed by atoms with E-state index in [1.165, 1.54) is 10.9 Å². The normalized spacial score (nSPS) is 10.6. The highest BCUT2D eigenvalue weighted by Gasteiger charge is 2.07. The lowest BCUT2D eigenvalue weighted by Gasteiger charge is -1.99. The van der Waals surface area contributed by atoms with Crippen molar-refractivity contribution in [1.82, 2.24) is 4.57 Å². The van der Waals surface area contributed by atoms with Crippen molar-refractivity contribution in [2.24, 2.45) is 5.73 Å². The Hall–Kier alpha value is -1.79. The summed E-state index contributed by atoms with van der Waals surface area (Å²) in [7, 11) is 0. The Morgan fingerprint density at radius 3 is 2.88 bits per heavy atom. The first-order valence-electron chi connectivity index (χ1n) is 5.52. The second kappa shape index (κ2) is 4.38. The molecule has 82 valence electrons. The molecular formula is C13H15N3. The summed E-state index contributed by atoms with van der Waals surface area (Å²) in [4.78, 5) is 0. The zero-order chi connectivity index (χ0) is 11.5. The van der Waals surface area contributed by atoms with Crippen LogP contribution in [0.4, 0.5) is 0 Å². The van der Waals surface area contributed by atoms with Gasteiger partial charge in [-0.1, -0.05) is 6.07 Å². The zero-order valence-corrected chi connectivity index (χ0v) is 9.40. The molecule has 3 nitrogen and oxygen atoms in total. The third kappa shape index (κ3) is 1.68. The van der Waals surface area contributed by atoms with Crippen LogP contribution < -0.4 is 5.73 Å². The molecule has 2 aromatic rings. The first kappa shape index (κ1) is 10.7. The summed E-state index contributed by atoms with van der Waals surface area (Å²) < 4.78 is 2.17. The van der Waals surface area contributed by atoms with Gasteiger partial charge in [0.1, 0.15) is 0 Å². The zero-order valence-electron chi connectivity index (χ0n) is 9.40. The number of fused-ring (bicyclic) bond motifs is 1. The highest BCUT2D eigenvalue weighted by Crippen LogP contribution is 2.23. The van der Waals surface area contributed by atoms with Gasteiger partial charge in [-0.2, -0.15) is 5.26 Å². The van der Waals surface area contributed by atoms with Crippen molar-refractivity contribution in [1.29, 1.82) is 5.26 Å². The lowest BCUT2D eigenvalue weighted by atomic mass is 10.1. The summed E-state index contributed by atoms with van der Waals surface area (Å²) in [6.45, 7) is 3.67. The van der Waals surface area contributed by atoms with Crippen molar-refractivity contribution in [2.75, 3.05) is 6.54 Å². The molecule has 0 spiro atoms. The third-order valence-electron chi connectivity index (χ3n) is 2.85. The van der Waals surface area contributed by atoms with Crippen LogP contribution in [0.1, 0.15) is 18.1 Å². The molecule has 0 saturated heterocycles. The molecule has 1 aromatic carbocycles. The van der Waals surface area contributed by atoms with E-state index in [0.717, 1.165) is 18.5 Å². The predicted octanol–water partition coefficient (Wildman–Crippen LogP) is 2.03. The predicted molar refractivity (Wildman–Crippen MR) is 65.1 cm³/mol. The molecule has 0 amide bonds. The van der Waals surface area contributed by atoms with E-state index in [2.05, 4.69) is 23.8 Å². The Morgan fingerprint density at radius 2 is 2.25 bits per heavy atom. The molecule has 0 saturated carbocycles. The number of nitriles is 1. The van der Waals surface area contributed by atoms with E-state index < -0.39 is 0 Å². The summed E-state index contributed by atoms with van der Waals surface area (Å²) in [5.41, 5.74) is 8.70. The first-order chi connectivity index (χ1) is 7.80. The first-order valence-corrected chi connectivity index (χ1v) is 5.52. The molecule has 2 N–H and O–H groups in total. The Balaban J connectivity index is 2.65. The molecule has 0 radical (unpaired) electrons. The second-order valence-electron chi connectivity index (χ2n) is 3.82. The fourth-order valence-corrected chi connectivity index (χ4v) is 2.05. The van der Waals surface area contributed by atoms with E-state index in [4.69, 9.17) is 11.0 Å². The van der Waals surface area contributed by atoms with Gasteiger partial charge in [0.25, 0.3) is 0 Å². The summed E-state index contributed by atoms with van der Waals surface area (Å²) in [5, 5.41) is 10.1. The van der Waals surface area contributed by atoms with Crippen LogP contribution in [0.5, 0.6) is 0 Å². The highest BCUT2D eigenvalue weighted by atomic mass is 14.9. The molecule has 1 aromatic heterocycles. The summed E-state index contributed by atoms with van der Waals surface area (Å²) >= 11 is 0. The van der Waals surface area contributed by atoms with E-state index in [-0.39, 0.29) is 0 Å². The molecule has 0 unspecified atom stereocenters. The van der Waals surface area contributed by atoms with Crippen LogP contribution in [0.15, 0.2) is 24.4 Å². The lowest BCUT2D eigenvalue weighted by molar-refractivity contribution is 0.790. The van der Waals surface area contributed by atoms with Gasteiger partial charge in [-0.15, -0.1) is 0 Å². The molecule has 2 rings (SSSR count). The summed E-state index contributed by atoms with van der Waals surface area (Å²) in [6.07, 6.45) is 3.02. The van der Waals surface area contributed by atoms with E-state index in [1.54, 1.807) is 0 Å². The topological polar surface area (TPSA) is 54.7 Å². The maximum Gasteiger partial charge on any atom is 0.0992 e. The molecular weight excluding hydrogens is 198 g/mol. The van der Waals surface area contributed by atoms with Crippen LogP contribution in [0, 0.1) is 11.3 Å². The molecule has 16 heavy (non-hydrogen) atoms. The maximum atomic E-state index is 8.89. The highest BCUT2D eigenvalue weighted by molar-refractivity contribution is 5.85. The molecule has 0 aliphatic carbocycles. The SMILES string of the molecule is CCn1cc(CCN)c2ccc(C#N)cc21. The largest absolute Gasteiger partial charge is 0.347 e. The lowest BCUT2D eigenvalue weighted by Crippen LogP contribution is -2.02. The molecule has 0 atom stereocenters. The van der Waals surface area contributed by atoms with E-state index >= 15 is 0 Å². The third-order valence-corrected chi connectivity index (χ3v) is 2.85. The van der Waals surface area contributed by atoms with Gasteiger partial charge in [-0.25, -0.2) is 0 Å². The number of nitrogens with zero attached hydrogens (tertiary/aromatic N) is 2. The van der Waals surface area contributed by atoms with Gasteiger partial charge >= 0.3 is 0 Å². The number of nitrogens with two attached hydrogens (primary N) is 1. The van der Waals surface area contributed by atoms with E-state index in [0.29, 0.717) is 12.1 Å². The Morgan fingerprint density at radius 1 is 1.44 bits per heavy atom. The minimum absolute atomic E-state index is 0.656. The maximum absolute atomic E-state index is 8.89. The van der Waals surface area contributed by atoms with Crippen LogP contribution in [0.2, 0.25) is 0 Å². The average molecular weight is 213 g/mol. The second-order valence-corrected chi connectivity index (χ2v) is 3.82. The van der Waals surface area contributed by atoms with Crippen LogP contribution >= 0.6 is 0 Å². The standard InChI is InChI=1S/C13H15N3/c1-2-16-9-11(5-6-14)12-4-3-10(8-15)7-13(12)16/h3-4,7,9H,2,5-6,14H2,1H3. The monoisotopic (exact) mass is 213 g/mol. The van der Waals surface area contributed by atoms with Crippen LogP contribution in [0.25, 0.3) is 10.9 Å². The molecule has 3 heteroatoms. The molecule has 0 fully saturated rings. The van der Waals surface area contributed by atoms with Crippen LogP contribution in [-0.2, 0) is 13.0 Å². The van der Waals surface area contributed by atoms with Crippen molar-refractivity contribution in [3.63, 3.8) is 0 Å². The Bertz CT molecular complexity index is 546. The van der Waals surface area contributed by atoms with Gasteiger partial charge in [0, 0.05) is 23.6 Å². The molecule has 0 aliphatic heterocycles. The number of rotatable bonds is 3.